The summed E-state index contributed by atoms with van der Waals surface area (Å²) in [7, 11) is 0. The van der Waals surface area contributed by atoms with Gasteiger partial charge in [-0.15, -0.1) is 13.2 Å². The van der Waals surface area contributed by atoms with Gasteiger partial charge >= 0.3 is 6.36 Å². The second kappa shape index (κ2) is 5.53. The van der Waals surface area contributed by atoms with Crippen LogP contribution in [0.2, 0.25) is 0 Å². The van der Waals surface area contributed by atoms with Crippen molar-refractivity contribution in [1.29, 1.82) is 0 Å². The van der Waals surface area contributed by atoms with Crippen LogP contribution in [0.1, 0.15) is 56.1 Å². The molecule has 0 radical (unpaired) electrons. The molecule has 138 valence electrons. The van der Waals surface area contributed by atoms with E-state index in [2.05, 4.69) is 11.7 Å². The number of fused-ring (bicyclic) bond motifs is 5. The average Bonchev–Trinajstić information content (AvgIpc) is 2.82. The monoisotopic (exact) mass is 356 g/mol. The highest BCUT2D eigenvalue weighted by Gasteiger charge is 2.54. The Balaban J connectivity index is 1.69. The van der Waals surface area contributed by atoms with Gasteiger partial charge in [0.15, 0.2) is 11.5 Å². The Morgan fingerprint density at radius 2 is 1.92 bits per heavy atom. The number of alkyl halides is 3. The van der Waals surface area contributed by atoms with Crippen LogP contribution in [-0.4, -0.2) is 22.7 Å². The molecule has 4 rings (SSSR count). The molecule has 6 heteroatoms. The molecule has 2 fully saturated rings. The van der Waals surface area contributed by atoms with E-state index in [4.69, 9.17) is 0 Å². The fraction of sp³-hybridized carbons (Fsp3) is 0.684. The van der Waals surface area contributed by atoms with Crippen molar-refractivity contribution in [3.05, 3.63) is 23.3 Å². The fourth-order valence-electron chi connectivity index (χ4n) is 5.77. The van der Waals surface area contributed by atoms with Gasteiger partial charge in [-0.2, -0.15) is 0 Å². The van der Waals surface area contributed by atoms with E-state index >= 15 is 0 Å². The van der Waals surface area contributed by atoms with Crippen molar-refractivity contribution < 1.29 is 28.1 Å². The zero-order valence-corrected chi connectivity index (χ0v) is 14.1. The van der Waals surface area contributed by atoms with E-state index < -0.39 is 17.9 Å². The third-order valence-electron chi connectivity index (χ3n) is 6.98. The lowest BCUT2D eigenvalue weighted by Crippen LogP contribution is -2.43. The molecule has 3 nitrogen and oxygen atoms in total. The predicted molar refractivity (Wildman–Crippen MR) is 85.4 cm³/mol. The summed E-state index contributed by atoms with van der Waals surface area (Å²) in [6, 6.07) is 2.83. The van der Waals surface area contributed by atoms with Gasteiger partial charge in [0.05, 0.1) is 6.10 Å². The Labute approximate surface area is 144 Å². The van der Waals surface area contributed by atoms with Crippen molar-refractivity contribution in [3.63, 3.8) is 0 Å². The number of aliphatic hydroxyl groups excluding tert-OH is 1. The third kappa shape index (κ3) is 2.69. The van der Waals surface area contributed by atoms with Crippen LogP contribution >= 0.6 is 0 Å². The number of benzene rings is 1. The Morgan fingerprint density at radius 1 is 1.16 bits per heavy atom. The van der Waals surface area contributed by atoms with E-state index in [0.29, 0.717) is 11.8 Å². The molecule has 2 saturated carbocycles. The molecule has 25 heavy (non-hydrogen) atoms. The van der Waals surface area contributed by atoms with Gasteiger partial charge in [0, 0.05) is 0 Å². The molecule has 3 unspecified atom stereocenters. The molecule has 0 saturated heterocycles. The number of rotatable bonds is 1. The van der Waals surface area contributed by atoms with Crippen LogP contribution in [0, 0.1) is 17.3 Å². The lowest BCUT2D eigenvalue weighted by Gasteiger charge is -2.50. The van der Waals surface area contributed by atoms with Crippen LogP contribution in [-0.2, 0) is 6.42 Å². The minimum Gasteiger partial charge on any atom is -0.504 e. The number of halogens is 3. The summed E-state index contributed by atoms with van der Waals surface area (Å²) in [6.07, 6.45) is 0.160. The summed E-state index contributed by atoms with van der Waals surface area (Å²) < 4.78 is 41.8. The van der Waals surface area contributed by atoms with Gasteiger partial charge in [-0.1, -0.05) is 6.92 Å². The van der Waals surface area contributed by atoms with Gasteiger partial charge in [0.25, 0.3) is 0 Å². The second-order valence-corrected chi connectivity index (χ2v) is 8.12. The fourth-order valence-corrected chi connectivity index (χ4v) is 5.77. The normalized spacial score (nSPS) is 37.2. The van der Waals surface area contributed by atoms with Crippen molar-refractivity contribution in [3.8, 4) is 11.5 Å². The molecule has 0 amide bonds. The highest BCUT2D eigenvalue weighted by molar-refractivity contribution is 5.49. The van der Waals surface area contributed by atoms with Crippen molar-refractivity contribution in [1.82, 2.24) is 0 Å². The van der Waals surface area contributed by atoms with E-state index in [-0.39, 0.29) is 17.4 Å². The molecule has 1 aromatic carbocycles. The van der Waals surface area contributed by atoms with Gasteiger partial charge < -0.3 is 14.9 Å². The Hall–Kier alpha value is -1.43. The number of aromatic hydroxyl groups is 1. The maximum atomic E-state index is 12.6. The van der Waals surface area contributed by atoms with E-state index in [0.717, 1.165) is 49.7 Å². The van der Waals surface area contributed by atoms with Crippen molar-refractivity contribution in [2.45, 2.75) is 63.8 Å². The highest BCUT2D eigenvalue weighted by atomic mass is 19.4. The van der Waals surface area contributed by atoms with Crippen LogP contribution in [0.5, 0.6) is 11.5 Å². The van der Waals surface area contributed by atoms with Crippen LogP contribution < -0.4 is 4.74 Å². The summed E-state index contributed by atoms with van der Waals surface area (Å²) in [5.41, 5.74) is 1.74. The summed E-state index contributed by atoms with van der Waals surface area (Å²) in [6.45, 7) is 2.16. The minimum atomic E-state index is -4.82. The van der Waals surface area contributed by atoms with E-state index in [1.54, 1.807) is 0 Å². The summed E-state index contributed by atoms with van der Waals surface area (Å²) in [5.74, 6) is 0.0170. The van der Waals surface area contributed by atoms with Gasteiger partial charge in [-0.05, 0) is 85.0 Å². The maximum absolute atomic E-state index is 12.6. The average molecular weight is 356 g/mol. The van der Waals surface area contributed by atoms with Crippen LogP contribution in [0.3, 0.4) is 0 Å². The van der Waals surface area contributed by atoms with Crippen molar-refractivity contribution in [2.24, 2.45) is 17.3 Å². The van der Waals surface area contributed by atoms with Crippen LogP contribution in [0.4, 0.5) is 13.2 Å². The van der Waals surface area contributed by atoms with Gasteiger partial charge in [0.2, 0.25) is 0 Å². The number of hydrogen-bond donors (Lipinski definition) is 2. The molecule has 0 aliphatic heterocycles. The Morgan fingerprint density at radius 3 is 2.64 bits per heavy atom. The molecule has 0 aromatic heterocycles. The molecule has 0 heterocycles. The van der Waals surface area contributed by atoms with Crippen molar-refractivity contribution >= 4 is 0 Å². The van der Waals surface area contributed by atoms with Crippen molar-refractivity contribution in [2.75, 3.05) is 0 Å². The number of phenolic OH excluding ortho intramolecular Hbond substituents is 1. The summed E-state index contributed by atoms with van der Waals surface area (Å²) in [5, 5.41) is 20.3. The number of aliphatic hydroxyl groups is 1. The van der Waals surface area contributed by atoms with E-state index in [1.165, 1.54) is 12.1 Å². The first-order chi connectivity index (χ1) is 11.7. The predicted octanol–water partition coefficient (Wildman–Crippen LogP) is 4.51. The zero-order chi connectivity index (χ0) is 18.0. The Kier molecular flexibility index (Phi) is 3.76. The van der Waals surface area contributed by atoms with E-state index in [1.807, 2.05) is 0 Å². The molecule has 5 atom stereocenters. The molecule has 3 aliphatic rings. The molecular formula is C19H23F3O3. The molecule has 0 bridgehead atoms. The van der Waals surface area contributed by atoms with Crippen LogP contribution in [0.15, 0.2) is 12.1 Å². The summed E-state index contributed by atoms with van der Waals surface area (Å²) >= 11 is 0. The van der Waals surface area contributed by atoms with Gasteiger partial charge in [-0.25, -0.2) is 0 Å². The lowest BCUT2D eigenvalue weighted by molar-refractivity contribution is -0.275. The quantitative estimate of drug-likeness (QED) is 0.778. The smallest absolute Gasteiger partial charge is 0.504 e. The Bertz CT molecular complexity index is 687. The molecule has 0 spiro atoms. The number of ether oxygens (including phenoxy) is 1. The van der Waals surface area contributed by atoms with E-state index in [9.17, 15) is 23.4 Å². The van der Waals surface area contributed by atoms with Gasteiger partial charge in [-0.3, -0.25) is 0 Å². The number of aryl methyl sites for hydroxylation is 1. The highest BCUT2D eigenvalue weighted by Crippen LogP contribution is 2.61. The largest absolute Gasteiger partial charge is 0.573 e. The maximum Gasteiger partial charge on any atom is 0.573 e. The first-order valence-corrected chi connectivity index (χ1v) is 8.98. The first kappa shape index (κ1) is 17.0. The topological polar surface area (TPSA) is 49.7 Å². The SMILES string of the molecule is C[C@]12CCC3c4cc(OC(F)(F)F)c(O)cc4CCC3C1CC[C@@H]2O. The van der Waals surface area contributed by atoms with Crippen LogP contribution in [0.25, 0.3) is 0 Å². The zero-order valence-electron chi connectivity index (χ0n) is 14.1. The minimum absolute atomic E-state index is 0.0686. The molecular weight excluding hydrogens is 333 g/mol. The standard InChI is InChI=1S/C19H23F3O3/c1-18-7-6-11-12(14(18)4-5-17(18)24)3-2-10-8-15(23)16(9-13(10)11)25-19(20,21)22/h8-9,11-12,14,17,23-24H,2-7H2,1H3/t11?,12?,14?,17-,18-/m0/s1. The third-order valence-corrected chi connectivity index (χ3v) is 6.98. The first-order valence-electron chi connectivity index (χ1n) is 8.98. The number of phenols is 1. The number of hydrogen-bond acceptors (Lipinski definition) is 3. The second-order valence-electron chi connectivity index (χ2n) is 8.12. The molecule has 1 aromatic rings. The van der Waals surface area contributed by atoms with Gasteiger partial charge in [0.1, 0.15) is 0 Å². The molecule has 2 N–H and O–H groups in total. The summed E-state index contributed by atoms with van der Waals surface area (Å²) in [4.78, 5) is 0. The molecule has 3 aliphatic carbocycles. The lowest BCUT2D eigenvalue weighted by atomic mass is 9.55.